The molecule has 0 aliphatic rings. The van der Waals surface area contributed by atoms with E-state index in [9.17, 15) is 9.50 Å². The number of alkyl halides is 1. The molecule has 0 aliphatic carbocycles. The fraction of sp³-hybridized carbons (Fsp3) is 0.250. The van der Waals surface area contributed by atoms with E-state index in [1.807, 2.05) is 13.0 Å². The number of benzene rings is 1. The second-order valence-electron chi connectivity index (χ2n) is 4.56. The van der Waals surface area contributed by atoms with Crippen molar-refractivity contribution in [2.24, 2.45) is 0 Å². The molecule has 0 fully saturated rings. The van der Waals surface area contributed by atoms with Crippen molar-refractivity contribution >= 4 is 0 Å². The van der Waals surface area contributed by atoms with Crippen LogP contribution in [-0.4, -0.2) is 10.1 Å². The maximum atomic E-state index is 12.9. The van der Waals surface area contributed by atoms with Crippen molar-refractivity contribution < 1.29 is 14.2 Å². The molecule has 0 amide bonds. The third-order valence-corrected chi connectivity index (χ3v) is 3.11. The number of hydrogen-bond acceptors (Lipinski definition) is 4. The summed E-state index contributed by atoms with van der Waals surface area (Å²) in [5.74, 6) is 0.552. The highest BCUT2D eigenvalue weighted by molar-refractivity contribution is 5.42. The molecule has 0 saturated carbocycles. The van der Waals surface area contributed by atoms with Gasteiger partial charge < -0.3 is 9.84 Å². The monoisotopic (exact) mass is 286 g/mol. The van der Waals surface area contributed by atoms with E-state index in [4.69, 9.17) is 10.00 Å². The Labute approximate surface area is 122 Å². The quantitative estimate of drug-likeness (QED) is 0.911. The number of aromatic nitrogens is 1. The maximum absolute atomic E-state index is 12.9. The Morgan fingerprint density at radius 3 is 2.81 bits per heavy atom. The topological polar surface area (TPSA) is 66.1 Å². The van der Waals surface area contributed by atoms with Gasteiger partial charge in [-0.1, -0.05) is 6.92 Å². The molecular formula is C16H15FN2O2. The molecule has 108 valence electrons. The standard InChI is InChI=1S/C16H15FN2O2/c1-2-16(13-5-14(20)10-19-9-13)21-15-4-3-11(8-18)12(6-15)7-17/h3-6,9-10,16,20H,2,7H2,1H3. The van der Waals surface area contributed by atoms with Crippen LogP contribution in [0.2, 0.25) is 0 Å². The molecule has 1 N–H and O–H groups in total. The fourth-order valence-corrected chi connectivity index (χ4v) is 2.04. The number of rotatable bonds is 5. The fourth-order valence-electron chi connectivity index (χ4n) is 2.04. The highest BCUT2D eigenvalue weighted by Crippen LogP contribution is 2.27. The Morgan fingerprint density at radius 2 is 2.19 bits per heavy atom. The normalized spacial score (nSPS) is 11.7. The first-order valence-electron chi connectivity index (χ1n) is 6.57. The summed E-state index contributed by atoms with van der Waals surface area (Å²) < 4.78 is 18.7. The Balaban J connectivity index is 2.25. The van der Waals surface area contributed by atoms with Crippen LogP contribution in [0, 0.1) is 11.3 Å². The van der Waals surface area contributed by atoms with E-state index in [0.717, 1.165) is 5.56 Å². The van der Waals surface area contributed by atoms with Crippen molar-refractivity contribution in [3.05, 3.63) is 53.3 Å². The van der Waals surface area contributed by atoms with Crippen LogP contribution in [0.15, 0.2) is 36.7 Å². The lowest BCUT2D eigenvalue weighted by Crippen LogP contribution is -2.07. The predicted molar refractivity (Wildman–Crippen MR) is 75.5 cm³/mol. The van der Waals surface area contributed by atoms with Crippen molar-refractivity contribution in [3.8, 4) is 17.6 Å². The second-order valence-corrected chi connectivity index (χ2v) is 4.56. The molecule has 0 saturated heterocycles. The van der Waals surface area contributed by atoms with Crippen LogP contribution in [0.25, 0.3) is 0 Å². The highest BCUT2D eigenvalue weighted by Gasteiger charge is 2.13. The van der Waals surface area contributed by atoms with Crippen LogP contribution in [-0.2, 0) is 6.67 Å². The van der Waals surface area contributed by atoms with E-state index in [2.05, 4.69) is 4.98 Å². The minimum atomic E-state index is -0.718. The summed E-state index contributed by atoms with van der Waals surface area (Å²) >= 11 is 0. The van der Waals surface area contributed by atoms with Crippen molar-refractivity contribution in [2.45, 2.75) is 26.1 Å². The predicted octanol–water partition coefficient (Wildman–Crippen LogP) is 3.66. The first-order chi connectivity index (χ1) is 10.2. The van der Waals surface area contributed by atoms with Crippen molar-refractivity contribution in [1.82, 2.24) is 4.98 Å². The van der Waals surface area contributed by atoms with E-state index < -0.39 is 6.67 Å². The molecular weight excluding hydrogens is 271 g/mol. The van der Waals surface area contributed by atoms with Gasteiger partial charge in [0, 0.05) is 17.3 Å². The molecule has 1 aromatic carbocycles. The van der Waals surface area contributed by atoms with Gasteiger partial charge in [0.2, 0.25) is 0 Å². The zero-order valence-electron chi connectivity index (χ0n) is 11.6. The molecule has 5 heteroatoms. The molecule has 1 atom stereocenters. The molecule has 2 rings (SSSR count). The van der Waals surface area contributed by atoms with E-state index in [0.29, 0.717) is 23.3 Å². The van der Waals surface area contributed by atoms with Gasteiger partial charge in [0.25, 0.3) is 0 Å². The smallest absolute Gasteiger partial charge is 0.134 e. The van der Waals surface area contributed by atoms with Gasteiger partial charge in [0.1, 0.15) is 24.3 Å². The summed E-state index contributed by atoms with van der Waals surface area (Å²) in [6.07, 6.45) is 3.33. The van der Waals surface area contributed by atoms with E-state index in [1.54, 1.807) is 18.3 Å². The zero-order chi connectivity index (χ0) is 15.2. The first-order valence-corrected chi connectivity index (χ1v) is 6.57. The lowest BCUT2D eigenvalue weighted by atomic mass is 10.1. The Hall–Kier alpha value is -2.61. The lowest BCUT2D eigenvalue weighted by molar-refractivity contribution is 0.200. The summed E-state index contributed by atoms with van der Waals surface area (Å²) in [5.41, 5.74) is 1.35. The minimum absolute atomic E-state index is 0.0684. The molecule has 21 heavy (non-hydrogen) atoms. The lowest BCUT2D eigenvalue weighted by Gasteiger charge is -2.18. The first kappa shape index (κ1) is 14.8. The average molecular weight is 286 g/mol. The molecule has 4 nitrogen and oxygen atoms in total. The van der Waals surface area contributed by atoms with E-state index >= 15 is 0 Å². The molecule has 0 spiro atoms. The number of aromatic hydroxyl groups is 1. The van der Waals surface area contributed by atoms with Gasteiger partial charge in [0.15, 0.2) is 0 Å². The largest absolute Gasteiger partial charge is 0.506 e. The van der Waals surface area contributed by atoms with Gasteiger partial charge in [-0.05, 0) is 30.7 Å². The highest BCUT2D eigenvalue weighted by atomic mass is 19.1. The minimum Gasteiger partial charge on any atom is -0.506 e. The number of pyridine rings is 1. The summed E-state index contributed by atoms with van der Waals surface area (Å²) in [6.45, 7) is 1.22. The van der Waals surface area contributed by atoms with Crippen molar-refractivity contribution in [3.63, 3.8) is 0 Å². The summed E-state index contributed by atoms with van der Waals surface area (Å²) in [4.78, 5) is 3.92. The summed E-state index contributed by atoms with van der Waals surface area (Å²) in [5, 5.41) is 18.4. The Kier molecular flexibility index (Phi) is 4.72. The number of nitriles is 1. The van der Waals surface area contributed by atoms with Crippen LogP contribution in [0.3, 0.4) is 0 Å². The van der Waals surface area contributed by atoms with Gasteiger partial charge in [-0.2, -0.15) is 5.26 Å². The zero-order valence-corrected chi connectivity index (χ0v) is 11.6. The molecule has 1 heterocycles. The molecule has 1 aromatic heterocycles. The van der Waals surface area contributed by atoms with Gasteiger partial charge in [-0.3, -0.25) is 4.98 Å². The Morgan fingerprint density at radius 1 is 1.38 bits per heavy atom. The van der Waals surface area contributed by atoms with Crippen LogP contribution < -0.4 is 4.74 Å². The summed E-state index contributed by atoms with van der Waals surface area (Å²) in [6, 6.07) is 8.23. The van der Waals surface area contributed by atoms with Crippen LogP contribution >= 0.6 is 0 Å². The average Bonchev–Trinajstić information content (AvgIpc) is 2.52. The maximum Gasteiger partial charge on any atom is 0.134 e. The number of halogens is 1. The molecule has 0 radical (unpaired) electrons. The van der Waals surface area contributed by atoms with Crippen LogP contribution in [0.1, 0.15) is 36.1 Å². The van der Waals surface area contributed by atoms with E-state index in [1.165, 1.54) is 18.3 Å². The van der Waals surface area contributed by atoms with Crippen molar-refractivity contribution in [2.75, 3.05) is 0 Å². The molecule has 0 aliphatic heterocycles. The van der Waals surface area contributed by atoms with Gasteiger partial charge in [0.05, 0.1) is 17.8 Å². The molecule has 1 unspecified atom stereocenters. The third-order valence-electron chi connectivity index (χ3n) is 3.11. The third kappa shape index (κ3) is 3.48. The van der Waals surface area contributed by atoms with Gasteiger partial charge in [-0.15, -0.1) is 0 Å². The van der Waals surface area contributed by atoms with Gasteiger partial charge in [-0.25, -0.2) is 4.39 Å². The van der Waals surface area contributed by atoms with E-state index in [-0.39, 0.29) is 11.9 Å². The molecule has 0 bridgehead atoms. The van der Waals surface area contributed by atoms with Crippen molar-refractivity contribution in [1.29, 1.82) is 5.26 Å². The number of nitrogens with zero attached hydrogens (tertiary/aromatic N) is 2. The summed E-state index contributed by atoms with van der Waals surface area (Å²) in [7, 11) is 0. The van der Waals surface area contributed by atoms with Crippen LogP contribution in [0.4, 0.5) is 4.39 Å². The SMILES string of the molecule is CCC(Oc1ccc(C#N)c(CF)c1)c1cncc(O)c1. The van der Waals surface area contributed by atoms with Gasteiger partial charge >= 0.3 is 0 Å². The Bertz CT molecular complexity index is 668. The number of hydrogen-bond donors (Lipinski definition) is 1. The van der Waals surface area contributed by atoms with Crippen LogP contribution in [0.5, 0.6) is 11.5 Å². The second kappa shape index (κ2) is 6.71. The number of ether oxygens (including phenoxy) is 1. The molecule has 2 aromatic rings.